The number of halogens is 1. The van der Waals surface area contributed by atoms with E-state index in [4.69, 9.17) is 11.6 Å². The molecule has 108 valence electrons. The van der Waals surface area contributed by atoms with Crippen molar-refractivity contribution in [2.75, 3.05) is 5.88 Å². The van der Waals surface area contributed by atoms with Gasteiger partial charge < -0.3 is 0 Å². The Morgan fingerprint density at radius 2 is 2.05 bits per heavy atom. The van der Waals surface area contributed by atoms with E-state index in [0.29, 0.717) is 23.5 Å². The summed E-state index contributed by atoms with van der Waals surface area (Å²) in [4.78, 5) is 17.0. The molecule has 0 aliphatic heterocycles. The molecule has 4 nitrogen and oxygen atoms in total. The highest BCUT2D eigenvalue weighted by atomic mass is 35.5. The number of nitrogens with one attached hydrogen (secondary N) is 1. The summed E-state index contributed by atoms with van der Waals surface area (Å²) in [5.41, 5.74) is 5.08. The number of benzene rings is 1. The van der Waals surface area contributed by atoms with Gasteiger partial charge in [0, 0.05) is 28.8 Å². The highest BCUT2D eigenvalue weighted by Gasteiger charge is 2.12. The second-order valence-corrected chi connectivity index (χ2v) is 5.48. The Morgan fingerprint density at radius 1 is 1.29 bits per heavy atom. The van der Waals surface area contributed by atoms with Crippen molar-refractivity contribution in [3.63, 3.8) is 0 Å². The predicted octanol–water partition coefficient (Wildman–Crippen LogP) is 3.09. The normalized spacial score (nSPS) is 11.2. The smallest absolute Gasteiger partial charge is 0.276 e. The number of aromatic amines is 1. The van der Waals surface area contributed by atoms with E-state index < -0.39 is 0 Å². The first kappa shape index (κ1) is 13.9. The average Bonchev–Trinajstić information content (AvgIpc) is 2.88. The fraction of sp³-hybridized carbons (Fsp3) is 0.250. The summed E-state index contributed by atoms with van der Waals surface area (Å²) in [6, 6.07) is 9.95. The fourth-order valence-corrected chi connectivity index (χ4v) is 2.75. The molecule has 5 heteroatoms. The number of fused-ring (bicyclic) bond motifs is 1. The van der Waals surface area contributed by atoms with E-state index in [1.807, 2.05) is 44.2 Å². The van der Waals surface area contributed by atoms with Gasteiger partial charge in [-0.05, 0) is 25.8 Å². The van der Waals surface area contributed by atoms with Gasteiger partial charge in [-0.25, -0.2) is 9.50 Å². The van der Waals surface area contributed by atoms with Crippen molar-refractivity contribution in [2.45, 2.75) is 20.3 Å². The monoisotopic (exact) mass is 301 g/mol. The fourth-order valence-electron chi connectivity index (χ4n) is 2.57. The van der Waals surface area contributed by atoms with Gasteiger partial charge in [-0.1, -0.05) is 24.3 Å². The molecule has 0 unspecified atom stereocenters. The van der Waals surface area contributed by atoms with Crippen LogP contribution in [0.25, 0.3) is 16.9 Å². The Bertz CT molecular complexity index is 864. The largest absolute Gasteiger partial charge is 0.289 e. The topological polar surface area (TPSA) is 50.2 Å². The van der Waals surface area contributed by atoms with Crippen LogP contribution in [0.3, 0.4) is 0 Å². The molecule has 1 aromatic carbocycles. The maximum atomic E-state index is 12.5. The summed E-state index contributed by atoms with van der Waals surface area (Å²) in [6.45, 7) is 3.89. The van der Waals surface area contributed by atoms with Crippen molar-refractivity contribution in [3.05, 3.63) is 57.5 Å². The maximum absolute atomic E-state index is 12.5. The standard InChI is InChI=1S/C16H16ClN3O/c1-10-5-3-4-6-12(10)14-9-15-18-11(2)13(7-8-17)16(21)20(15)19-14/h3-6,9,19H,7-8H2,1-2H3. The Morgan fingerprint density at radius 3 is 2.76 bits per heavy atom. The lowest BCUT2D eigenvalue weighted by molar-refractivity contribution is 0.857. The number of hydrogen-bond acceptors (Lipinski definition) is 2. The zero-order valence-electron chi connectivity index (χ0n) is 12.0. The van der Waals surface area contributed by atoms with Gasteiger partial charge in [0.1, 0.15) is 0 Å². The quantitative estimate of drug-likeness (QED) is 0.756. The van der Waals surface area contributed by atoms with Gasteiger partial charge in [-0.3, -0.25) is 9.89 Å². The Kier molecular flexibility index (Phi) is 3.55. The molecule has 2 aromatic heterocycles. The minimum Gasteiger partial charge on any atom is -0.289 e. The van der Waals surface area contributed by atoms with Crippen LogP contribution in [0, 0.1) is 13.8 Å². The summed E-state index contributed by atoms with van der Waals surface area (Å²) in [5.74, 6) is 0.412. The van der Waals surface area contributed by atoms with Crippen molar-refractivity contribution in [1.82, 2.24) is 14.6 Å². The van der Waals surface area contributed by atoms with Gasteiger partial charge in [-0.2, -0.15) is 0 Å². The molecule has 21 heavy (non-hydrogen) atoms. The van der Waals surface area contributed by atoms with Crippen molar-refractivity contribution >= 4 is 17.2 Å². The van der Waals surface area contributed by atoms with E-state index in [9.17, 15) is 4.79 Å². The van der Waals surface area contributed by atoms with Gasteiger partial charge in [0.25, 0.3) is 5.56 Å². The van der Waals surface area contributed by atoms with Crippen LogP contribution < -0.4 is 5.56 Å². The van der Waals surface area contributed by atoms with E-state index in [-0.39, 0.29) is 5.56 Å². The van der Waals surface area contributed by atoms with Crippen LogP contribution in [0.15, 0.2) is 35.1 Å². The number of nitrogens with zero attached hydrogens (tertiary/aromatic N) is 2. The van der Waals surface area contributed by atoms with Gasteiger partial charge in [0.2, 0.25) is 0 Å². The third-order valence-corrected chi connectivity index (χ3v) is 3.88. The van der Waals surface area contributed by atoms with Crippen molar-refractivity contribution < 1.29 is 0 Å². The molecule has 0 aliphatic rings. The molecule has 0 saturated heterocycles. The summed E-state index contributed by atoms with van der Waals surface area (Å²) < 4.78 is 1.50. The number of alkyl halides is 1. The van der Waals surface area contributed by atoms with Crippen LogP contribution in [-0.4, -0.2) is 20.5 Å². The van der Waals surface area contributed by atoms with Crippen LogP contribution >= 0.6 is 11.6 Å². The second kappa shape index (κ2) is 5.37. The van der Waals surface area contributed by atoms with Gasteiger partial charge in [-0.15, -0.1) is 11.6 Å². The Balaban J connectivity index is 2.24. The first-order chi connectivity index (χ1) is 10.1. The highest BCUT2D eigenvalue weighted by molar-refractivity contribution is 6.18. The lowest BCUT2D eigenvalue weighted by atomic mass is 10.1. The summed E-state index contributed by atoms with van der Waals surface area (Å²) in [5, 5.41) is 3.15. The average molecular weight is 302 g/mol. The van der Waals surface area contributed by atoms with Crippen LogP contribution in [0.1, 0.15) is 16.8 Å². The molecule has 0 aliphatic carbocycles. The molecule has 0 radical (unpaired) electrons. The Hall–Kier alpha value is -2.07. The third kappa shape index (κ3) is 2.36. The van der Waals surface area contributed by atoms with Crippen molar-refractivity contribution in [2.24, 2.45) is 0 Å². The first-order valence-electron chi connectivity index (χ1n) is 6.85. The van der Waals surface area contributed by atoms with Gasteiger partial charge >= 0.3 is 0 Å². The number of H-pyrrole nitrogens is 1. The minimum absolute atomic E-state index is 0.0713. The lowest BCUT2D eigenvalue weighted by Gasteiger charge is -2.03. The van der Waals surface area contributed by atoms with Crippen molar-refractivity contribution in [1.29, 1.82) is 0 Å². The summed E-state index contributed by atoms with van der Waals surface area (Å²) in [7, 11) is 0. The molecule has 0 bridgehead atoms. The lowest BCUT2D eigenvalue weighted by Crippen LogP contribution is -2.22. The predicted molar refractivity (Wildman–Crippen MR) is 85.1 cm³/mol. The number of hydrogen-bond donors (Lipinski definition) is 1. The molecule has 3 aromatic rings. The van der Waals surface area contributed by atoms with E-state index in [0.717, 1.165) is 22.5 Å². The van der Waals surface area contributed by atoms with E-state index in [1.54, 1.807) is 0 Å². The molecule has 0 saturated carbocycles. The molecule has 1 N–H and O–H groups in total. The summed E-state index contributed by atoms with van der Waals surface area (Å²) in [6.07, 6.45) is 0.529. The molecule has 0 amide bonds. The van der Waals surface area contributed by atoms with Crippen LogP contribution in [0.4, 0.5) is 0 Å². The van der Waals surface area contributed by atoms with Gasteiger partial charge in [0.05, 0.1) is 5.69 Å². The zero-order valence-corrected chi connectivity index (χ0v) is 12.7. The molecule has 0 atom stereocenters. The van der Waals surface area contributed by atoms with Gasteiger partial charge in [0.15, 0.2) is 5.65 Å². The SMILES string of the molecule is Cc1ccccc1-c1cc2nc(C)c(CCCl)c(=O)n2[nH]1. The molecular weight excluding hydrogens is 286 g/mol. The zero-order chi connectivity index (χ0) is 15.0. The second-order valence-electron chi connectivity index (χ2n) is 5.10. The molecule has 2 heterocycles. The van der Waals surface area contributed by atoms with Crippen molar-refractivity contribution in [3.8, 4) is 11.3 Å². The van der Waals surface area contributed by atoms with Crippen LogP contribution in [0.5, 0.6) is 0 Å². The Labute approximate surface area is 127 Å². The van der Waals surface area contributed by atoms with Crippen LogP contribution in [0.2, 0.25) is 0 Å². The molecular formula is C16H16ClN3O. The van der Waals surface area contributed by atoms with E-state index in [2.05, 4.69) is 10.1 Å². The highest BCUT2D eigenvalue weighted by Crippen LogP contribution is 2.22. The van der Waals surface area contributed by atoms with Crippen LogP contribution in [-0.2, 0) is 6.42 Å². The van der Waals surface area contributed by atoms with E-state index >= 15 is 0 Å². The molecule has 0 fully saturated rings. The molecule has 0 spiro atoms. The number of aryl methyl sites for hydroxylation is 2. The number of rotatable bonds is 3. The first-order valence-corrected chi connectivity index (χ1v) is 7.38. The summed E-state index contributed by atoms with van der Waals surface area (Å²) >= 11 is 5.77. The van der Waals surface area contributed by atoms with E-state index in [1.165, 1.54) is 4.52 Å². The number of aromatic nitrogens is 3. The third-order valence-electron chi connectivity index (χ3n) is 3.69. The minimum atomic E-state index is -0.0713. The molecule has 3 rings (SSSR count). The maximum Gasteiger partial charge on any atom is 0.276 e.